The third-order valence-electron chi connectivity index (χ3n) is 4.50. The van der Waals surface area contributed by atoms with Crippen LogP contribution in [0.3, 0.4) is 0 Å². The van der Waals surface area contributed by atoms with Crippen molar-refractivity contribution in [3.8, 4) is 0 Å². The predicted octanol–water partition coefficient (Wildman–Crippen LogP) is 1.29. The van der Waals surface area contributed by atoms with Crippen molar-refractivity contribution in [2.75, 3.05) is 25.9 Å². The lowest BCUT2D eigenvalue weighted by Crippen LogP contribution is -2.53. The highest BCUT2D eigenvalue weighted by molar-refractivity contribution is 7.13. The number of nitrogens with two attached hydrogens (primary N) is 1. The summed E-state index contributed by atoms with van der Waals surface area (Å²) in [7, 11) is 1.71. The minimum Gasteiger partial charge on any atom is -0.375 e. The Balaban J connectivity index is 1.72. The average molecular weight is 374 g/mol. The fraction of sp³-hybridized carbons (Fsp3) is 0.389. The van der Waals surface area contributed by atoms with Crippen molar-refractivity contribution >= 4 is 28.3 Å². The van der Waals surface area contributed by atoms with Crippen LogP contribution in [0.4, 0.5) is 5.13 Å². The van der Waals surface area contributed by atoms with E-state index in [0.717, 1.165) is 16.8 Å². The lowest BCUT2D eigenvalue weighted by atomic mass is 9.94. The molecule has 26 heavy (non-hydrogen) atoms. The first-order chi connectivity index (χ1) is 12.5. The maximum absolute atomic E-state index is 12.7. The summed E-state index contributed by atoms with van der Waals surface area (Å²) in [5.41, 5.74) is 8.39. The quantitative estimate of drug-likeness (QED) is 0.822. The molecule has 1 aliphatic heterocycles. The van der Waals surface area contributed by atoms with Crippen LogP contribution >= 0.6 is 11.3 Å². The van der Waals surface area contributed by atoms with Crippen LogP contribution in [0, 0.1) is 6.92 Å². The zero-order chi connectivity index (χ0) is 18.7. The zero-order valence-electron chi connectivity index (χ0n) is 14.8. The minimum absolute atomic E-state index is 0.0976. The summed E-state index contributed by atoms with van der Waals surface area (Å²) >= 11 is 1.38. The monoisotopic (exact) mass is 374 g/mol. The molecule has 7 nitrogen and oxygen atoms in total. The minimum atomic E-state index is -0.751. The lowest BCUT2D eigenvalue weighted by Gasteiger charge is -2.38. The second-order valence-corrected chi connectivity index (χ2v) is 7.15. The summed E-state index contributed by atoms with van der Waals surface area (Å²) in [5, 5.41) is 5.28. The highest BCUT2D eigenvalue weighted by Crippen LogP contribution is 2.31. The van der Waals surface area contributed by atoms with Crippen molar-refractivity contribution in [1.29, 1.82) is 0 Å². The number of rotatable bonds is 5. The second-order valence-electron chi connectivity index (χ2n) is 6.26. The van der Waals surface area contributed by atoms with E-state index in [9.17, 15) is 9.59 Å². The van der Waals surface area contributed by atoms with E-state index in [2.05, 4.69) is 10.3 Å². The molecule has 0 unspecified atom stereocenters. The smallest absolute Gasteiger partial charge is 0.251 e. The first-order valence-electron chi connectivity index (χ1n) is 8.37. The molecule has 3 N–H and O–H groups in total. The predicted molar refractivity (Wildman–Crippen MR) is 99.7 cm³/mol. The van der Waals surface area contributed by atoms with Gasteiger partial charge in [0.2, 0.25) is 5.91 Å². The number of carbonyl (C=O) groups is 2. The molecule has 2 heterocycles. The molecule has 1 aliphatic rings. The van der Waals surface area contributed by atoms with Gasteiger partial charge in [-0.05, 0) is 18.1 Å². The Morgan fingerprint density at radius 3 is 2.92 bits per heavy atom. The molecule has 1 aromatic heterocycles. The van der Waals surface area contributed by atoms with Gasteiger partial charge in [-0.15, -0.1) is 11.3 Å². The molecule has 0 aliphatic carbocycles. The molecule has 0 bridgehead atoms. The standard InChI is InChI=1S/C18H22N4O3S/c1-11-5-3-4-6-13(11)15-16(25-9-14(23)22(15)2)17(24)20-8-7-12-10-26-18(19)21-12/h3-6,10,15-16H,7-9H2,1-2H3,(H2,19,21)(H,20,24)/t15-,16+/m1/s1. The van der Waals surface area contributed by atoms with Gasteiger partial charge in [-0.25, -0.2) is 4.98 Å². The summed E-state index contributed by atoms with van der Waals surface area (Å²) in [6.45, 7) is 2.30. The molecule has 138 valence electrons. The van der Waals surface area contributed by atoms with Crippen molar-refractivity contribution in [2.24, 2.45) is 0 Å². The summed E-state index contributed by atoms with van der Waals surface area (Å²) in [4.78, 5) is 30.6. The van der Waals surface area contributed by atoms with E-state index in [1.54, 1.807) is 11.9 Å². The van der Waals surface area contributed by atoms with Gasteiger partial charge in [0.15, 0.2) is 11.2 Å². The number of hydrogen-bond donors (Lipinski definition) is 2. The van der Waals surface area contributed by atoms with Gasteiger partial charge in [-0.1, -0.05) is 24.3 Å². The van der Waals surface area contributed by atoms with Crippen LogP contribution in [0.25, 0.3) is 0 Å². The van der Waals surface area contributed by atoms with Crippen LogP contribution in [0.15, 0.2) is 29.6 Å². The number of morpholine rings is 1. The number of hydrogen-bond acceptors (Lipinski definition) is 6. The van der Waals surface area contributed by atoms with Gasteiger partial charge in [-0.3, -0.25) is 9.59 Å². The van der Waals surface area contributed by atoms with Gasteiger partial charge >= 0.3 is 0 Å². The van der Waals surface area contributed by atoms with Crippen LogP contribution < -0.4 is 11.1 Å². The van der Waals surface area contributed by atoms with Crippen molar-refractivity contribution in [3.05, 3.63) is 46.5 Å². The molecule has 2 atom stereocenters. The van der Waals surface area contributed by atoms with Gasteiger partial charge in [0, 0.05) is 25.4 Å². The van der Waals surface area contributed by atoms with Crippen LogP contribution in [-0.2, 0) is 20.7 Å². The molecule has 2 amide bonds. The number of carbonyl (C=O) groups excluding carboxylic acids is 2. The molecular weight excluding hydrogens is 352 g/mol. The topological polar surface area (TPSA) is 97.5 Å². The molecule has 1 saturated heterocycles. The summed E-state index contributed by atoms with van der Waals surface area (Å²) in [6.07, 6.45) is -0.157. The Hall–Kier alpha value is -2.45. The van der Waals surface area contributed by atoms with E-state index in [4.69, 9.17) is 10.5 Å². The number of nitrogens with zero attached hydrogens (tertiary/aromatic N) is 2. The number of thiazole rings is 1. The fourth-order valence-corrected chi connectivity index (χ4v) is 3.67. The Morgan fingerprint density at radius 1 is 1.46 bits per heavy atom. The summed E-state index contributed by atoms with van der Waals surface area (Å²) in [5.74, 6) is -0.374. The van der Waals surface area contributed by atoms with Crippen LogP contribution in [-0.4, -0.2) is 48.0 Å². The van der Waals surface area contributed by atoms with E-state index < -0.39 is 12.1 Å². The largest absolute Gasteiger partial charge is 0.375 e. The number of nitrogens with one attached hydrogen (secondary N) is 1. The van der Waals surface area contributed by atoms with E-state index >= 15 is 0 Å². The highest BCUT2D eigenvalue weighted by atomic mass is 32.1. The maximum Gasteiger partial charge on any atom is 0.251 e. The normalized spacial score (nSPS) is 20.2. The Kier molecular flexibility index (Phi) is 5.53. The average Bonchev–Trinajstić information content (AvgIpc) is 3.03. The van der Waals surface area contributed by atoms with Gasteiger partial charge in [0.25, 0.3) is 5.91 Å². The first kappa shape index (κ1) is 18.3. The van der Waals surface area contributed by atoms with Gasteiger partial charge in [0.1, 0.15) is 6.61 Å². The molecule has 2 aromatic rings. The first-order valence-corrected chi connectivity index (χ1v) is 9.25. The van der Waals surface area contributed by atoms with Crippen molar-refractivity contribution in [2.45, 2.75) is 25.5 Å². The summed E-state index contributed by atoms with van der Waals surface area (Å²) < 4.78 is 5.61. The highest BCUT2D eigenvalue weighted by Gasteiger charge is 2.40. The van der Waals surface area contributed by atoms with Crippen molar-refractivity contribution < 1.29 is 14.3 Å². The molecule has 1 aromatic carbocycles. The number of likely N-dealkylation sites (N-methyl/N-ethyl adjacent to an activating group) is 1. The zero-order valence-corrected chi connectivity index (χ0v) is 15.6. The Morgan fingerprint density at radius 2 is 2.23 bits per heavy atom. The fourth-order valence-electron chi connectivity index (χ4n) is 3.07. The number of anilines is 1. The van der Waals surface area contributed by atoms with E-state index in [1.165, 1.54) is 11.3 Å². The molecule has 8 heteroatoms. The number of amides is 2. The Bertz CT molecular complexity index is 807. The molecule has 1 fully saturated rings. The molecule has 0 saturated carbocycles. The molecule has 3 rings (SSSR count). The molecule has 0 radical (unpaired) electrons. The molecular formula is C18H22N4O3S. The van der Waals surface area contributed by atoms with E-state index in [0.29, 0.717) is 18.1 Å². The van der Waals surface area contributed by atoms with E-state index in [1.807, 2.05) is 36.6 Å². The van der Waals surface area contributed by atoms with Gasteiger partial charge in [0.05, 0.1) is 11.7 Å². The third kappa shape index (κ3) is 3.86. The van der Waals surface area contributed by atoms with Crippen molar-refractivity contribution in [1.82, 2.24) is 15.2 Å². The van der Waals surface area contributed by atoms with Crippen LogP contribution in [0.1, 0.15) is 22.9 Å². The molecule has 0 spiro atoms. The number of benzene rings is 1. The lowest BCUT2D eigenvalue weighted by molar-refractivity contribution is -0.162. The van der Waals surface area contributed by atoms with Crippen molar-refractivity contribution in [3.63, 3.8) is 0 Å². The van der Waals surface area contributed by atoms with Gasteiger partial charge in [-0.2, -0.15) is 0 Å². The number of nitrogen functional groups attached to an aromatic ring is 1. The second kappa shape index (κ2) is 7.84. The van der Waals surface area contributed by atoms with Crippen LogP contribution in [0.2, 0.25) is 0 Å². The Labute approximate surface area is 156 Å². The number of ether oxygens (including phenoxy) is 1. The van der Waals surface area contributed by atoms with E-state index in [-0.39, 0.29) is 18.4 Å². The third-order valence-corrected chi connectivity index (χ3v) is 5.22. The SMILES string of the molecule is Cc1ccccc1[C@@H]1[C@@H](C(=O)NCCc2csc(N)n2)OCC(=O)N1C. The summed E-state index contributed by atoms with van der Waals surface area (Å²) in [6, 6.07) is 7.27. The maximum atomic E-state index is 12.7. The number of aromatic nitrogens is 1. The van der Waals surface area contributed by atoms with Crippen LogP contribution in [0.5, 0.6) is 0 Å². The van der Waals surface area contributed by atoms with Gasteiger partial charge < -0.3 is 20.7 Å². The number of aryl methyl sites for hydroxylation is 1.